The maximum absolute atomic E-state index is 5.84. The van der Waals surface area contributed by atoms with Gasteiger partial charge in [0.25, 0.3) is 0 Å². The summed E-state index contributed by atoms with van der Waals surface area (Å²) in [5.74, 6) is 0.442. The number of hydrogen-bond acceptors (Lipinski definition) is 5. The fourth-order valence-electron chi connectivity index (χ4n) is 2.25. The van der Waals surface area contributed by atoms with Crippen molar-refractivity contribution in [2.75, 3.05) is 13.2 Å². The normalized spacial score (nSPS) is 18.5. The van der Waals surface area contributed by atoms with Crippen LogP contribution in [-0.4, -0.2) is 34.5 Å². The van der Waals surface area contributed by atoms with E-state index in [1.165, 1.54) is 0 Å². The van der Waals surface area contributed by atoms with Gasteiger partial charge in [-0.2, -0.15) is 5.10 Å². The molecule has 19 heavy (non-hydrogen) atoms. The molecule has 0 radical (unpaired) electrons. The Kier molecular flexibility index (Phi) is 4.66. The molecule has 0 amide bonds. The van der Waals surface area contributed by atoms with Crippen molar-refractivity contribution in [3.8, 4) is 5.88 Å². The predicted octanol–water partition coefficient (Wildman–Crippen LogP) is 1.40. The van der Waals surface area contributed by atoms with Gasteiger partial charge in [-0.3, -0.25) is 0 Å². The molecular weight excluding hydrogens is 262 g/mol. The Bertz CT molecular complexity index is 473. The number of aromatic nitrogens is 2. The number of thiocarbonyl (C=S) groups is 1. The van der Waals surface area contributed by atoms with Crippen LogP contribution >= 0.6 is 12.2 Å². The van der Waals surface area contributed by atoms with Gasteiger partial charge >= 0.3 is 0 Å². The molecule has 104 valence electrons. The van der Waals surface area contributed by atoms with Gasteiger partial charge < -0.3 is 15.2 Å². The third-order valence-electron chi connectivity index (χ3n) is 3.23. The molecule has 6 heteroatoms. The molecule has 2 heterocycles. The van der Waals surface area contributed by atoms with Gasteiger partial charge in [0.1, 0.15) is 11.1 Å². The standard InChI is InChI=1S/C13H19N3O2S/c1-3-9-10(4-2)15-16-13(11(9)12(14)19)18-8-5-6-17-7-8/h8H,3-7H2,1-2H3,(H2,14,19). The van der Waals surface area contributed by atoms with E-state index in [1.54, 1.807) is 0 Å². The van der Waals surface area contributed by atoms with E-state index in [-0.39, 0.29) is 6.10 Å². The van der Waals surface area contributed by atoms with Crippen molar-refractivity contribution < 1.29 is 9.47 Å². The monoisotopic (exact) mass is 281 g/mol. The summed E-state index contributed by atoms with van der Waals surface area (Å²) >= 11 is 5.15. The van der Waals surface area contributed by atoms with Crippen molar-refractivity contribution in [2.45, 2.75) is 39.2 Å². The first-order valence-electron chi connectivity index (χ1n) is 6.60. The minimum atomic E-state index is 0.0135. The smallest absolute Gasteiger partial charge is 0.244 e. The molecule has 1 atom stereocenters. The van der Waals surface area contributed by atoms with Gasteiger partial charge in [-0.1, -0.05) is 26.1 Å². The molecule has 1 fully saturated rings. The Morgan fingerprint density at radius 3 is 2.74 bits per heavy atom. The van der Waals surface area contributed by atoms with E-state index in [9.17, 15) is 0 Å². The second-order valence-corrected chi connectivity index (χ2v) is 4.92. The third-order valence-corrected chi connectivity index (χ3v) is 3.43. The lowest BCUT2D eigenvalue weighted by atomic mass is 10.0. The van der Waals surface area contributed by atoms with Crippen LogP contribution in [0, 0.1) is 0 Å². The summed E-state index contributed by atoms with van der Waals surface area (Å²) < 4.78 is 11.1. The van der Waals surface area contributed by atoms with Gasteiger partial charge in [-0.05, 0) is 18.4 Å². The van der Waals surface area contributed by atoms with Crippen LogP contribution in [0.5, 0.6) is 5.88 Å². The second kappa shape index (κ2) is 6.25. The maximum Gasteiger partial charge on any atom is 0.244 e. The van der Waals surface area contributed by atoms with Crippen molar-refractivity contribution in [2.24, 2.45) is 5.73 Å². The van der Waals surface area contributed by atoms with Gasteiger partial charge in [0.05, 0.1) is 24.5 Å². The molecule has 1 aromatic heterocycles. The van der Waals surface area contributed by atoms with E-state index in [4.69, 9.17) is 27.4 Å². The Labute approximate surface area is 118 Å². The predicted molar refractivity (Wildman–Crippen MR) is 76.5 cm³/mol. The number of ether oxygens (including phenoxy) is 2. The maximum atomic E-state index is 5.84. The lowest BCUT2D eigenvalue weighted by Gasteiger charge is -2.17. The van der Waals surface area contributed by atoms with Gasteiger partial charge in [-0.15, -0.1) is 5.10 Å². The van der Waals surface area contributed by atoms with Crippen LogP contribution in [-0.2, 0) is 17.6 Å². The highest BCUT2D eigenvalue weighted by atomic mass is 32.1. The lowest BCUT2D eigenvalue weighted by molar-refractivity contribution is 0.137. The quantitative estimate of drug-likeness (QED) is 0.823. The average Bonchev–Trinajstić information content (AvgIpc) is 2.90. The van der Waals surface area contributed by atoms with E-state index in [0.717, 1.165) is 36.1 Å². The van der Waals surface area contributed by atoms with Crippen molar-refractivity contribution in [1.29, 1.82) is 0 Å². The minimum absolute atomic E-state index is 0.0135. The van der Waals surface area contributed by atoms with Crippen LogP contribution in [0.2, 0.25) is 0 Å². The molecule has 0 aliphatic carbocycles. The first kappa shape index (κ1) is 14.1. The summed E-state index contributed by atoms with van der Waals surface area (Å²) in [6, 6.07) is 0. The topological polar surface area (TPSA) is 70.3 Å². The number of aryl methyl sites for hydroxylation is 1. The lowest BCUT2D eigenvalue weighted by Crippen LogP contribution is -2.23. The Hall–Kier alpha value is -1.27. The molecule has 2 rings (SSSR count). The van der Waals surface area contributed by atoms with Gasteiger partial charge in [0.2, 0.25) is 5.88 Å². The molecule has 1 aliphatic rings. The molecule has 1 unspecified atom stereocenters. The Morgan fingerprint density at radius 2 is 2.21 bits per heavy atom. The SMILES string of the molecule is CCc1nnc(OC2CCOC2)c(C(N)=S)c1CC. The van der Waals surface area contributed by atoms with Crippen molar-refractivity contribution in [1.82, 2.24) is 10.2 Å². The molecule has 2 N–H and O–H groups in total. The highest BCUT2D eigenvalue weighted by Gasteiger charge is 2.23. The van der Waals surface area contributed by atoms with E-state index < -0.39 is 0 Å². The van der Waals surface area contributed by atoms with E-state index in [0.29, 0.717) is 24.1 Å². The van der Waals surface area contributed by atoms with Crippen LogP contribution in [0.15, 0.2) is 0 Å². The van der Waals surface area contributed by atoms with Crippen LogP contribution < -0.4 is 10.5 Å². The minimum Gasteiger partial charge on any atom is -0.470 e. The fraction of sp³-hybridized carbons (Fsp3) is 0.615. The first-order valence-corrected chi connectivity index (χ1v) is 7.00. The summed E-state index contributed by atoms with van der Waals surface area (Å²) in [5.41, 5.74) is 8.55. The summed E-state index contributed by atoms with van der Waals surface area (Å²) in [5, 5.41) is 8.37. The average molecular weight is 281 g/mol. The van der Waals surface area contributed by atoms with Crippen LogP contribution in [0.3, 0.4) is 0 Å². The zero-order chi connectivity index (χ0) is 13.8. The zero-order valence-corrected chi connectivity index (χ0v) is 12.1. The van der Waals surface area contributed by atoms with Gasteiger partial charge in [-0.25, -0.2) is 0 Å². The summed E-state index contributed by atoms with van der Waals surface area (Å²) in [6.45, 7) is 5.39. The molecule has 0 saturated carbocycles. The van der Waals surface area contributed by atoms with Crippen LogP contribution in [0.4, 0.5) is 0 Å². The molecular formula is C13H19N3O2S. The molecule has 1 saturated heterocycles. The molecule has 0 spiro atoms. The van der Waals surface area contributed by atoms with E-state index in [1.807, 2.05) is 6.92 Å². The van der Waals surface area contributed by atoms with Crippen molar-refractivity contribution >= 4 is 17.2 Å². The Morgan fingerprint density at radius 1 is 1.42 bits per heavy atom. The number of nitrogens with two attached hydrogens (primary N) is 1. The number of rotatable bonds is 5. The molecule has 5 nitrogen and oxygen atoms in total. The fourth-order valence-corrected chi connectivity index (χ4v) is 2.47. The molecule has 0 bridgehead atoms. The second-order valence-electron chi connectivity index (χ2n) is 4.48. The first-order chi connectivity index (χ1) is 9.17. The zero-order valence-electron chi connectivity index (χ0n) is 11.3. The summed E-state index contributed by atoms with van der Waals surface area (Å²) in [6.07, 6.45) is 2.48. The van der Waals surface area contributed by atoms with Gasteiger partial charge in [0.15, 0.2) is 0 Å². The highest BCUT2D eigenvalue weighted by molar-refractivity contribution is 7.80. The molecule has 1 aromatic rings. The highest BCUT2D eigenvalue weighted by Crippen LogP contribution is 2.25. The number of nitrogens with zero attached hydrogens (tertiary/aromatic N) is 2. The molecule has 1 aliphatic heterocycles. The molecule has 0 aromatic carbocycles. The largest absolute Gasteiger partial charge is 0.470 e. The Balaban J connectivity index is 2.38. The van der Waals surface area contributed by atoms with Crippen LogP contribution in [0.25, 0.3) is 0 Å². The summed E-state index contributed by atoms with van der Waals surface area (Å²) in [4.78, 5) is 0.315. The summed E-state index contributed by atoms with van der Waals surface area (Å²) in [7, 11) is 0. The van der Waals surface area contributed by atoms with Crippen LogP contribution in [0.1, 0.15) is 37.1 Å². The third kappa shape index (κ3) is 3.01. The van der Waals surface area contributed by atoms with Gasteiger partial charge in [0, 0.05) is 6.42 Å². The number of hydrogen-bond donors (Lipinski definition) is 1. The van der Waals surface area contributed by atoms with Crippen molar-refractivity contribution in [3.63, 3.8) is 0 Å². The van der Waals surface area contributed by atoms with E-state index >= 15 is 0 Å². The van der Waals surface area contributed by atoms with E-state index in [2.05, 4.69) is 17.1 Å². The van der Waals surface area contributed by atoms with Crippen molar-refractivity contribution in [3.05, 3.63) is 16.8 Å².